The lowest BCUT2D eigenvalue weighted by Crippen LogP contribution is -1.99. The van der Waals surface area contributed by atoms with Crippen LogP contribution in [-0.4, -0.2) is 16.0 Å². The van der Waals surface area contributed by atoms with E-state index in [0.29, 0.717) is 10.8 Å². The summed E-state index contributed by atoms with van der Waals surface area (Å²) in [6.07, 6.45) is -0.561. The number of aliphatic hydroxyl groups excluding tert-OH is 1. The number of benzene rings is 2. The van der Waals surface area contributed by atoms with Crippen molar-refractivity contribution in [2.45, 2.75) is 11.0 Å². The molecule has 94 valence electrons. The normalized spacial score (nSPS) is 12.3. The first-order chi connectivity index (χ1) is 8.65. The molecule has 18 heavy (non-hydrogen) atoms. The van der Waals surface area contributed by atoms with Gasteiger partial charge in [0.1, 0.15) is 5.75 Å². The van der Waals surface area contributed by atoms with Crippen LogP contribution >= 0.6 is 23.4 Å². The van der Waals surface area contributed by atoms with E-state index in [0.717, 1.165) is 10.5 Å². The largest absolute Gasteiger partial charge is 0.508 e. The SMILES string of the molecule is Oc1ccc(C(O)CSc2cccc(Cl)c2)cc1. The van der Waals surface area contributed by atoms with Gasteiger partial charge in [0.2, 0.25) is 0 Å². The Morgan fingerprint density at radius 2 is 1.83 bits per heavy atom. The number of phenols is 1. The fraction of sp³-hybridized carbons (Fsp3) is 0.143. The Hall–Kier alpha value is -1.16. The maximum atomic E-state index is 10.0. The van der Waals surface area contributed by atoms with E-state index in [9.17, 15) is 10.2 Å². The summed E-state index contributed by atoms with van der Waals surface area (Å²) in [5.74, 6) is 0.749. The van der Waals surface area contributed by atoms with Crippen LogP contribution < -0.4 is 0 Å². The first-order valence-corrected chi connectivity index (χ1v) is 6.87. The van der Waals surface area contributed by atoms with E-state index in [1.54, 1.807) is 36.0 Å². The van der Waals surface area contributed by atoms with Crippen LogP contribution in [0.15, 0.2) is 53.4 Å². The number of aliphatic hydroxyl groups is 1. The van der Waals surface area contributed by atoms with E-state index in [1.165, 1.54) is 0 Å². The highest BCUT2D eigenvalue weighted by Crippen LogP contribution is 2.27. The second-order valence-electron chi connectivity index (χ2n) is 3.88. The Kier molecular flexibility index (Phi) is 4.53. The Morgan fingerprint density at radius 1 is 1.11 bits per heavy atom. The number of thioether (sulfide) groups is 1. The third-order valence-corrected chi connectivity index (χ3v) is 3.79. The summed E-state index contributed by atoms with van der Waals surface area (Å²) in [6.45, 7) is 0. The van der Waals surface area contributed by atoms with Gasteiger partial charge < -0.3 is 10.2 Å². The van der Waals surface area contributed by atoms with E-state index in [4.69, 9.17) is 11.6 Å². The summed E-state index contributed by atoms with van der Waals surface area (Å²) in [5.41, 5.74) is 0.794. The average molecular weight is 281 g/mol. The average Bonchev–Trinajstić information content (AvgIpc) is 2.37. The molecule has 2 nitrogen and oxygen atoms in total. The molecule has 1 atom stereocenters. The second kappa shape index (κ2) is 6.14. The third-order valence-electron chi connectivity index (χ3n) is 2.48. The van der Waals surface area contributed by atoms with Gasteiger partial charge in [-0.15, -0.1) is 11.8 Å². The van der Waals surface area contributed by atoms with E-state index in [2.05, 4.69) is 0 Å². The van der Waals surface area contributed by atoms with Crippen LogP contribution in [0.1, 0.15) is 11.7 Å². The van der Waals surface area contributed by atoms with Crippen LogP contribution in [0.3, 0.4) is 0 Å². The summed E-state index contributed by atoms with van der Waals surface area (Å²) in [7, 11) is 0. The molecule has 0 saturated carbocycles. The second-order valence-corrected chi connectivity index (χ2v) is 5.41. The molecule has 0 heterocycles. The molecule has 0 fully saturated rings. The van der Waals surface area contributed by atoms with Gasteiger partial charge in [0.15, 0.2) is 0 Å². The van der Waals surface area contributed by atoms with Gasteiger partial charge in [0.25, 0.3) is 0 Å². The molecule has 0 aliphatic heterocycles. The molecule has 2 aromatic rings. The number of hydrogen-bond donors (Lipinski definition) is 2. The summed E-state index contributed by atoms with van der Waals surface area (Å²) in [4.78, 5) is 1.03. The number of hydrogen-bond acceptors (Lipinski definition) is 3. The highest BCUT2D eigenvalue weighted by Gasteiger charge is 2.08. The first kappa shape index (κ1) is 13.3. The van der Waals surface area contributed by atoms with Crippen LogP contribution in [0.25, 0.3) is 0 Å². The Balaban J connectivity index is 1.96. The minimum Gasteiger partial charge on any atom is -0.508 e. The molecule has 4 heteroatoms. The summed E-state index contributed by atoms with van der Waals surface area (Å²) < 4.78 is 0. The lowest BCUT2D eigenvalue weighted by molar-refractivity contribution is 0.204. The fourth-order valence-electron chi connectivity index (χ4n) is 1.52. The zero-order valence-electron chi connectivity index (χ0n) is 9.58. The van der Waals surface area contributed by atoms with Crippen molar-refractivity contribution in [1.82, 2.24) is 0 Å². The van der Waals surface area contributed by atoms with Crippen molar-refractivity contribution in [2.75, 3.05) is 5.75 Å². The van der Waals surface area contributed by atoms with Gasteiger partial charge >= 0.3 is 0 Å². The van der Waals surface area contributed by atoms with E-state index >= 15 is 0 Å². The van der Waals surface area contributed by atoms with Crippen molar-refractivity contribution in [2.24, 2.45) is 0 Å². The zero-order chi connectivity index (χ0) is 13.0. The number of halogens is 1. The van der Waals surface area contributed by atoms with Crippen LogP contribution in [0.4, 0.5) is 0 Å². The first-order valence-electron chi connectivity index (χ1n) is 5.50. The minimum atomic E-state index is -0.561. The van der Waals surface area contributed by atoms with E-state index in [-0.39, 0.29) is 5.75 Å². The van der Waals surface area contributed by atoms with Gasteiger partial charge in [0.05, 0.1) is 6.10 Å². The molecule has 0 aromatic heterocycles. The Bertz CT molecular complexity index is 513. The monoisotopic (exact) mass is 280 g/mol. The highest BCUT2D eigenvalue weighted by atomic mass is 35.5. The standard InChI is InChI=1S/C14H13ClO2S/c15-11-2-1-3-13(8-11)18-9-14(17)10-4-6-12(16)7-5-10/h1-8,14,16-17H,9H2. The molecule has 2 N–H and O–H groups in total. The fourth-order valence-corrected chi connectivity index (χ4v) is 2.71. The minimum absolute atomic E-state index is 0.202. The van der Waals surface area contributed by atoms with E-state index in [1.807, 2.05) is 24.3 Å². The zero-order valence-corrected chi connectivity index (χ0v) is 11.2. The van der Waals surface area contributed by atoms with Crippen LogP contribution in [0.5, 0.6) is 5.75 Å². The van der Waals surface area contributed by atoms with Crippen LogP contribution in [0.2, 0.25) is 5.02 Å². The predicted octanol–water partition coefficient (Wildman–Crippen LogP) is 3.87. The molecule has 1 unspecified atom stereocenters. The maximum absolute atomic E-state index is 10.0. The molecule has 0 aliphatic carbocycles. The summed E-state index contributed by atoms with van der Waals surface area (Å²) in [5, 5.41) is 19.9. The summed E-state index contributed by atoms with van der Waals surface area (Å²) in [6, 6.07) is 14.1. The third kappa shape index (κ3) is 3.67. The maximum Gasteiger partial charge on any atom is 0.115 e. The summed E-state index contributed by atoms with van der Waals surface area (Å²) >= 11 is 7.44. The number of aromatic hydroxyl groups is 1. The van der Waals surface area contributed by atoms with Gasteiger partial charge in [-0.05, 0) is 35.9 Å². The predicted molar refractivity (Wildman–Crippen MR) is 75.2 cm³/mol. The number of phenolic OH excluding ortho intramolecular Hbond substituents is 1. The molecule has 0 aliphatic rings. The molecule has 2 rings (SSSR count). The topological polar surface area (TPSA) is 40.5 Å². The van der Waals surface area contributed by atoms with Gasteiger partial charge in [-0.25, -0.2) is 0 Å². The smallest absolute Gasteiger partial charge is 0.115 e. The van der Waals surface area contributed by atoms with Crippen molar-refractivity contribution in [1.29, 1.82) is 0 Å². The van der Waals surface area contributed by atoms with E-state index < -0.39 is 6.10 Å². The Morgan fingerprint density at radius 3 is 2.50 bits per heavy atom. The molecule has 0 spiro atoms. The van der Waals surface area contributed by atoms with Gasteiger partial charge in [-0.2, -0.15) is 0 Å². The van der Waals surface area contributed by atoms with Crippen molar-refractivity contribution in [3.05, 3.63) is 59.1 Å². The lowest BCUT2D eigenvalue weighted by Gasteiger charge is -2.10. The van der Waals surface area contributed by atoms with Gasteiger partial charge in [-0.1, -0.05) is 29.8 Å². The lowest BCUT2D eigenvalue weighted by atomic mass is 10.1. The number of rotatable bonds is 4. The van der Waals surface area contributed by atoms with Crippen LogP contribution in [0, 0.1) is 0 Å². The molecule has 0 bridgehead atoms. The quantitative estimate of drug-likeness (QED) is 0.835. The molecule has 2 aromatic carbocycles. The molecular weight excluding hydrogens is 268 g/mol. The van der Waals surface area contributed by atoms with Gasteiger partial charge in [-0.3, -0.25) is 0 Å². The van der Waals surface area contributed by atoms with Crippen molar-refractivity contribution >= 4 is 23.4 Å². The molecular formula is C14H13ClO2S. The van der Waals surface area contributed by atoms with Crippen molar-refractivity contribution in [3.63, 3.8) is 0 Å². The molecule has 0 radical (unpaired) electrons. The molecule has 0 saturated heterocycles. The molecule has 0 amide bonds. The van der Waals surface area contributed by atoms with Gasteiger partial charge in [0, 0.05) is 15.7 Å². The highest BCUT2D eigenvalue weighted by molar-refractivity contribution is 7.99. The van der Waals surface area contributed by atoms with Crippen LogP contribution in [-0.2, 0) is 0 Å². The van der Waals surface area contributed by atoms with Crippen molar-refractivity contribution in [3.8, 4) is 5.75 Å². The Labute approximate surface area is 115 Å². The van der Waals surface area contributed by atoms with Crippen molar-refractivity contribution < 1.29 is 10.2 Å².